The molecule has 0 aliphatic carbocycles. The molecule has 4 rings (SSSR count). The Labute approximate surface area is 161 Å². The summed E-state index contributed by atoms with van der Waals surface area (Å²) in [4.78, 5) is 20.6. The Hall–Kier alpha value is -3.57. The molecule has 0 radical (unpaired) electrons. The summed E-state index contributed by atoms with van der Waals surface area (Å²) in [5.74, 6) is -0.852. The van der Waals surface area contributed by atoms with Gasteiger partial charge in [0.25, 0.3) is 5.91 Å². The predicted octanol–water partition coefficient (Wildman–Crippen LogP) is 1.95. The Kier molecular flexibility index (Phi) is 4.59. The molecule has 0 saturated heterocycles. The van der Waals surface area contributed by atoms with Crippen LogP contribution in [0.4, 0.5) is 10.2 Å². The number of dihydropyridines is 1. The van der Waals surface area contributed by atoms with Gasteiger partial charge in [-0.05, 0) is 36.8 Å². The lowest BCUT2D eigenvalue weighted by Gasteiger charge is -2.29. The number of nitrogens with one attached hydrogen (secondary N) is 2. The minimum absolute atomic E-state index is 0.0217. The van der Waals surface area contributed by atoms with Gasteiger partial charge in [0.15, 0.2) is 0 Å². The summed E-state index contributed by atoms with van der Waals surface area (Å²) in [6.45, 7) is 1.88. The van der Waals surface area contributed by atoms with Gasteiger partial charge in [0.05, 0.1) is 16.8 Å². The van der Waals surface area contributed by atoms with Crippen molar-refractivity contribution in [2.45, 2.75) is 19.5 Å². The van der Waals surface area contributed by atoms with Crippen LogP contribution in [0.3, 0.4) is 0 Å². The Morgan fingerprint density at radius 2 is 2.25 bits per heavy atom. The molecule has 4 N–H and O–H groups in total. The Bertz CT molecular complexity index is 1030. The summed E-state index contributed by atoms with van der Waals surface area (Å²) >= 11 is 0. The van der Waals surface area contributed by atoms with Crippen molar-refractivity contribution in [1.29, 1.82) is 0 Å². The van der Waals surface area contributed by atoms with Crippen molar-refractivity contribution in [2.24, 2.45) is 21.7 Å². The highest BCUT2D eigenvalue weighted by Gasteiger charge is 2.30. The minimum Gasteiger partial charge on any atom is -0.309 e. The first kappa shape index (κ1) is 17.8. The Balaban J connectivity index is 1.53. The van der Waals surface area contributed by atoms with E-state index in [0.717, 1.165) is 17.3 Å². The molecule has 2 aromatic rings. The van der Waals surface area contributed by atoms with Crippen molar-refractivity contribution in [1.82, 2.24) is 10.4 Å². The van der Waals surface area contributed by atoms with E-state index in [-0.39, 0.29) is 17.0 Å². The van der Waals surface area contributed by atoms with Crippen molar-refractivity contribution in [2.75, 3.05) is 5.32 Å². The molecule has 2 atom stereocenters. The van der Waals surface area contributed by atoms with E-state index >= 15 is 0 Å². The zero-order chi connectivity index (χ0) is 19.7. The van der Waals surface area contributed by atoms with E-state index in [9.17, 15) is 9.18 Å². The summed E-state index contributed by atoms with van der Waals surface area (Å²) < 4.78 is 14.7. The number of allylic oxidation sites excluding steroid dienone is 1. The van der Waals surface area contributed by atoms with Gasteiger partial charge in [-0.15, -0.1) is 0 Å². The van der Waals surface area contributed by atoms with E-state index < -0.39 is 17.9 Å². The van der Waals surface area contributed by atoms with Crippen molar-refractivity contribution in [3.8, 4) is 0 Å². The summed E-state index contributed by atoms with van der Waals surface area (Å²) in [7, 11) is 0. The Morgan fingerprint density at radius 3 is 3.04 bits per heavy atom. The van der Waals surface area contributed by atoms with E-state index in [1.807, 2.05) is 13.0 Å². The van der Waals surface area contributed by atoms with Crippen LogP contribution in [0.5, 0.6) is 0 Å². The molecule has 8 heteroatoms. The topological polar surface area (TPSA) is 105 Å². The second kappa shape index (κ2) is 7.21. The van der Waals surface area contributed by atoms with E-state index in [2.05, 4.69) is 38.0 Å². The number of hydrogen-bond donors (Lipinski definition) is 3. The highest BCUT2D eigenvalue weighted by molar-refractivity contribution is 6.05. The number of carbonyl (C=O) groups excluding carboxylic acids is 1. The molecule has 1 aromatic heterocycles. The lowest BCUT2D eigenvalue weighted by molar-refractivity contribution is 0.102. The third kappa shape index (κ3) is 3.48. The zero-order valence-corrected chi connectivity index (χ0v) is 15.0. The second-order valence-corrected chi connectivity index (χ2v) is 6.60. The number of aryl methyl sites for hydroxylation is 1. The molecule has 28 heavy (non-hydrogen) atoms. The Morgan fingerprint density at radius 1 is 1.39 bits per heavy atom. The molecule has 0 bridgehead atoms. The molecule has 0 fully saturated rings. The average Bonchev–Trinajstić information content (AvgIpc) is 2.68. The summed E-state index contributed by atoms with van der Waals surface area (Å²) in [5, 5.41) is 6.83. The third-order valence-corrected chi connectivity index (χ3v) is 4.58. The number of amides is 1. The second-order valence-electron chi connectivity index (χ2n) is 6.60. The van der Waals surface area contributed by atoms with Gasteiger partial charge in [0.1, 0.15) is 17.8 Å². The van der Waals surface area contributed by atoms with Gasteiger partial charge < -0.3 is 11.1 Å². The van der Waals surface area contributed by atoms with Crippen molar-refractivity contribution in [3.63, 3.8) is 0 Å². The van der Waals surface area contributed by atoms with Crippen LogP contribution in [0.25, 0.3) is 0 Å². The number of nitrogens with two attached hydrogens (primary N) is 1. The fourth-order valence-corrected chi connectivity index (χ4v) is 3.07. The summed E-state index contributed by atoms with van der Waals surface area (Å²) in [6.07, 6.45) is 5.00. The number of hydrogen-bond acceptors (Lipinski definition) is 6. The number of aromatic nitrogens is 1. The number of halogens is 1. The molecule has 1 aromatic carbocycles. The van der Waals surface area contributed by atoms with Crippen LogP contribution < -0.4 is 16.5 Å². The van der Waals surface area contributed by atoms with E-state index in [1.54, 1.807) is 24.6 Å². The number of anilines is 1. The SMILES string of the molecule is Cc1ccnc(NC(=O)c2c#cc(C3=NNC4=CC=NC(N)C4C3)c(F)c2)c1. The number of nitrogens with zero attached hydrogens (tertiary/aromatic N) is 3. The maximum absolute atomic E-state index is 14.7. The molecular weight excluding hydrogens is 359 g/mol. The monoisotopic (exact) mass is 376 g/mol. The van der Waals surface area contributed by atoms with E-state index in [1.165, 1.54) is 0 Å². The number of carbonyl (C=O) groups is 1. The zero-order valence-electron chi connectivity index (χ0n) is 15.0. The number of fused-ring (bicyclic) bond motifs is 1. The normalized spacial score (nSPS) is 20.2. The molecule has 2 aliphatic heterocycles. The lowest BCUT2D eigenvalue weighted by atomic mass is 9.90. The van der Waals surface area contributed by atoms with Gasteiger partial charge in [-0.2, -0.15) is 5.10 Å². The summed E-state index contributed by atoms with van der Waals surface area (Å²) in [5.41, 5.74) is 11.3. The standard InChI is InChI=1S/C20H17FN6O/c1-11-4-6-23-18(8-11)25-20(28)12-2-3-13(15(21)9-12)17-10-14-16(26-27-17)5-7-24-19(14)22/h4-9,14,19,26H,10,22H2,1H3,(H,23,25,28). The van der Waals surface area contributed by atoms with Crippen LogP contribution in [0, 0.1) is 30.8 Å². The first-order valence-electron chi connectivity index (χ1n) is 8.70. The van der Waals surface area contributed by atoms with Crippen molar-refractivity contribution < 1.29 is 9.18 Å². The highest BCUT2D eigenvalue weighted by atomic mass is 19.1. The fourth-order valence-electron chi connectivity index (χ4n) is 3.07. The quantitative estimate of drug-likeness (QED) is 0.761. The van der Waals surface area contributed by atoms with Crippen molar-refractivity contribution in [3.05, 3.63) is 70.8 Å². The fraction of sp³-hybridized carbons (Fsp3) is 0.200. The predicted molar refractivity (Wildman–Crippen MR) is 103 cm³/mol. The average molecular weight is 376 g/mol. The maximum atomic E-state index is 14.7. The van der Waals surface area contributed by atoms with E-state index in [4.69, 9.17) is 5.73 Å². The largest absolute Gasteiger partial charge is 0.309 e. The van der Waals surface area contributed by atoms with Crippen LogP contribution in [0.15, 0.2) is 46.3 Å². The van der Waals surface area contributed by atoms with Crippen LogP contribution >= 0.6 is 0 Å². The smallest absolute Gasteiger partial charge is 0.265 e. The van der Waals surface area contributed by atoms with Crippen LogP contribution in [0.1, 0.15) is 27.9 Å². The molecule has 7 nitrogen and oxygen atoms in total. The van der Waals surface area contributed by atoms with Crippen LogP contribution in [-0.2, 0) is 0 Å². The molecule has 3 heterocycles. The number of hydrazone groups is 1. The van der Waals surface area contributed by atoms with Crippen LogP contribution in [-0.4, -0.2) is 29.0 Å². The number of pyridine rings is 1. The minimum atomic E-state index is -0.609. The van der Waals surface area contributed by atoms with Crippen LogP contribution in [0.2, 0.25) is 0 Å². The van der Waals surface area contributed by atoms with Crippen molar-refractivity contribution >= 4 is 23.7 Å². The first-order valence-corrected chi connectivity index (χ1v) is 8.70. The maximum Gasteiger partial charge on any atom is 0.265 e. The third-order valence-electron chi connectivity index (χ3n) is 4.58. The van der Waals surface area contributed by atoms with Gasteiger partial charge in [-0.1, -0.05) is 12.1 Å². The first-order chi connectivity index (χ1) is 13.5. The number of rotatable bonds is 3. The molecular formula is C20H17FN6O. The summed E-state index contributed by atoms with van der Waals surface area (Å²) in [6, 6.07) is 10.1. The highest BCUT2D eigenvalue weighted by Crippen LogP contribution is 2.26. The molecule has 140 valence electrons. The number of aliphatic imine (C=N–C) groups is 1. The van der Waals surface area contributed by atoms with Gasteiger partial charge in [-0.3, -0.25) is 15.2 Å². The van der Waals surface area contributed by atoms with Gasteiger partial charge in [0.2, 0.25) is 0 Å². The molecule has 2 unspecified atom stereocenters. The molecule has 2 aliphatic rings. The van der Waals surface area contributed by atoms with Gasteiger partial charge in [0, 0.05) is 30.4 Å². The lowest BCUT2D eigenvalue weighted by Crippen LogP contribution is -2.40. The van der Waals surface area contributed by atoms with Gasteiger partial charge >= 0.3 is 0 Å². The van der Waals surface area contributed by atoms with E-state index in [0.29, 0.717) is 18.0 Å². The molecule has 1 amide bonds. The molecule has 0 saturated carbocycles. The molecule has 0 spiro atoms. The van der Waals surface area contributed by atoms with Gasteiger partial charge in [-0.25, -0.2) is 9.37 Å².